The lowest BCUT2D eigenvalue weighted by molar-refractivity contribution is 0.267. The molecule has 1 aliphatic heterocycles. The summed E-state index contributed by atoms with van der Waals surface area (Å²) in [5, 5.41) is 1.11. The van der Waals surface area contributed by atoms with Gasteiger partial charge in [0.2, 0.25) is 0 Å². The van der Waals surface area contributed by atoms with Crippen LogP contribution in [0, 0.1) is 0 Å². The third-order valence-corrected chi connectivity index (χ3v) is 6.91. The number of hydrogen-bond donors (Lipinski definition) is 0. The van der Waals surface area contributed by atoms with Crippen molar-refractivity contribution in [3.63, 3.8) is 0 Å². The van der Waals surface area contributed by atoms with Gasteiger partial charge in [-0.2, -0.15) is 0 Å². The van der Waals surface area contributed by atoms with E-state index in [0.717, 1.165) is 39.9 Å². The summed E-state index contributed by atoms with van der Waals surface area (Å²) >= 11 is 17.2. The Labute approximate surface area is 201 Å². The van der Waals surface area contributed by atoms with Crippen LogP contribution in [0.1, 0.15) is 24.5 Å². The molecule has 0 saturated heterocycles. The van der Waals surface area contributed by atoms with Crippen LogP contribution in [-0.4, -0.2) is 17.7 Å². The van der Waals surface area contributed by atoms with Gasteiger partial charge in [0.25, 0.3) is 5.56 Å². The molecule has 0 aliphatic carbocycles. The van der Waals surface area contributed by atoms with Crippen LogP contribution in [0.25, 0.3) is 6.08 Å². The molecule has 31 heavy (non-hydrogen) atoms. The summed E-state index contributed by atoms with van der Waals surface area (Å²) in [7, 11) is 0. The number of halogens is 3. The van der Waals surface area contributed by atoms with Crippen molar-refractivity contribution >= 4 is 56.5 Å². The molecule has 9 heteroatoms. The van der Waals surface area contributed by atoms with Crippen LogP contribution >= 0.6 is 50.5 Å². The zero-order chi connectivity index (χ0) is 22.0. The third kappa shape index (κ3) is 5.00. The molecule has 0 fully saturated rings. The lowest BCUT2D eigenvalue weighted by Crippen LogP contribution is -2.33. The molecule has 0 radical (unpaired) electrons. The van der Waals surface area contributed by atoms with Crippen LogP contribution in [0.4, 0.5) is 0 Å². The molecule has 2 aromatic carbocycles. The molecule has 0 unspecified atom stereocenters. The van der Waals surface area contributed by atoms with E-state index in [2.05, 4.69) is 20.9 Å². The Balaban J connectivity index is 1.68. The fourth-order valence-corrected chi connectivity index (χ4v) is 5.31. The number of fused-ring (bicyclic) bond motifs is 1. The summed E-state index contributed by atoms with van der Waals surface area (Å²) in [5.41, 5.74) is 1.65. The second-order valence-corrected chi connectivity index (χ2v) is 9.58. The lowest BCUT2D eigenvalue weighted by atomic mass is 10.2. The molecule has 3 aromatic rings. The maximum absolute atomic E-state index is 12.7. The summed E-state index contributed by atoms with van der Waals surface area (Å²) < 4.78 is 15.0. The second-order valence-electron chi connectivity index (χ2n) is 6.87. The van der Waals surface area contributed by atoms with E-state index >= 15 is 0 Å². The van der Waals surface area contributed by atoms with Gasteiger partial charge in [0.05, 0.1) is 15.6 Å². The first-order valence-electron chi connectivity index (χ1n) is 9.75. The summed E-state index contributed by atoms with van der Waals surface area (Å²) in [6, 6.07) is 9.06. The average Bonchev–Trinajstić information content (AvgIpc) is 3.04. The van der Waals surface area contributed by atoms with Gasteiger partial charge in [-0.05, 0) is 65.2 Å². The number of rotatable bonds is 6. The predicted octanol–water partition coefficient (Wildman–Crippen LogP) is 4.81. The molecule has 0 amide bonds. The Bertz CT molecular complexity index is 1300. The van der Waals surface area contributed by atoms with Crippen molar-refractivity contribution in [3.05, 3.63) is 75.7 Å². The Hall–Kier alpha value is -1.80. The fraction of sp³-hybridized carbons (Fsp3) is 0.273. The van der Waals surface area contributed by atoms with Crippen LogP contribution in [-0.2, 0) is 13.2 Å². The highest BCUT2D eigenvalue weighted by atomic mass is 79.9. The second kappa shape index (κ2) is 9.77. The van der Waals surface area contributed by atoms with Gasteiger partial charge in [0.1, 0.15) is 6.61 Å². The first-order chi connectivity index (χ1) is 15.0. The van der Waals surface area contributed by atoms with Crippen LogP contribution in [0.5, 0.6) is 11.5 Å². The number of ether oxygens (including phenoxy) is 2. The third-order valence-electron chi connectivity index (χ3n) is 4.69. The van der Waals surface area contributed by atoms with Gasteiger partial charge in [0, 0.05) is 28.7 Å². The maximum atomic E-state index is 12.7. The standard InChI is InChI=1S/C22H19BrCl2N2O3S/c1-2-29-18-9-13(10-19-21(28)27-7-3-6-26-22(27)31-19)8-16(23)20(18)30-12-14-4-5-15(24)11-17(14)25/h4-5,8-11H,2-3,6-7,12H2,1H3. The minimum atomic E-state index is -0.00441. The number of benzene rings is 2. The van der Waals surface area contributed by atoms with Crippen molar-refractivity contribution in [1.29, 1.82) is 0 Å². The summed E-state index contributed by atoms with van der Waals surface area (Å²) in [6.07, 6.45) is 2.76. The molecule has 0 atom stereocenters. The Morgan fingerprint density at radius 1 is 1.26 bits per heavy atom. The van der Waals surface area contributed by atoms with Crippen molar-refractivity contribution in [2.45, 2.75) is 26.5 Å². The maximum Gasteiger partial charge on any atom is 0.270 e. The van der Waals surface area contributed by atoms with Gasteiger partial charge in [-0.15, -0.1) is 0 Å². The van der Waals surface area contributed by atoms with E-state index in [1.807, 2.05) is 31.2 Å². The molecule has 1 aromatic heterocycles. The zero-order valence-electron chi connectivity index (χ0n) is 16.7. The van der Waals surface area contributed by atoms with E-state index in [0.29, 0.717) is 32.7 Å². The Morgan fingerprint density at radius 2 is 2.10 bits per heavy atom. The minimum Gasteiger partial charge on any atom is -0.490 e. The average molecular weight is 542 g/mol. The molecule has 0 bridgehead atoms. The van der Waals surface area contributed by atoms with Gasteiger partial charge >= 0.3 is 0 Å². The van der Waals surface area contributed by atoms with Gasteiger partial charge in [0.15, 0.2) is 16.3 Å². The van der Waals surface area contributed by atoms with Crippen molar-refractivity contribution in [1.82, 2.24) is 4.57 Å². The van der Waals surface area contributed by atoms with Gasteiger partial charge < -0.3 is 9.47 Å². The van der Waals surface area contributed by atoms with E-state index in [1.54, 1.807) is 16.7 Å². The summed E-state index contributed by atoms with van der Waals surface area (Å²) in [4.78, 5) is 17.9. The van der Waals surface area contributed by atoms with Crippen molar-refractivity contribution in [3.8, 4) is 11.5 Å². The number of nitrogens with zero attached hydrogens (tertiary/aromatic N) is 2. The van der Waals surface area contributed by atoms with Crippen LogP contribution in [0.15, 0.2) is 44.6 Å². The van der Waals surface area contributed by atoms with Crippen LogP contribution in [0.2, 0.25) is 10.0 Å². The first kappa shape index (κ1) is 22.4. The van der Waals surface area contributed by atoms with Gasteiger partial charge in [-0.25, -0.2) is 0 Å². The topological polar surface area (TPSA) is 52.8 Å². The number of aromatic nitrogens is 1. The van der Waals surface area contributed by atoms with E-state index < -0.39 is 0 Å². The lowest BCUT2D eigenvalue weighted by Gasteiger charge is -2.15. The first-order valence-corrected chi connectivity index (χ1v) is 12.1. The van der Waals surface area contributed by atoms with Crippen molar-refractivity contribution in [2.75, 3.05) is 13.2 Å². The molecule has 4 rings (SSSR count). The Morgan fingerprint density at radius 3 is 2.84 bits per heavy atom. The van der Waals surface area contributed by atoms with Crippen molar-refractivity contribution < 1.29 is 9.47 Å². The molecule has 2 heterocycles. The van der Waals surface area contributed by atoms with E-state index in [9.17, 15) is 4.79 Å². The summed E-state index contributed by atoms with van der Waals surface area (Å²) in [5.74, 6) is 1.15. The molecule has 0 spiro atoms. The molecular formula is C22H19BrCl2N2O3S. The molecule has 162 valence electrons. The highest BCUT2D eigenvalue weighted by Crippen LogP contribution is 2.38. The van der Waals surface area contributed by atoms with E-state index in [1.165, 1.54) is 11.3 Å². The van der Waals surface area contributed by atoms with Crippen LogP contribution in [0.3, 0.4) is 0 Å². The van der Waals surface area contributed by atoms with Crippen LogP contribution < -0.4 is 24.4 Å². The van der Waals surface area contributed by atoms with Crippen molar-refractivity contribution in [2.24, 2.45) is 4.99 Å². The molecule has 0 N–H and O–H groups in total. The predicted molar refractivity (Wildman–Crippen MR) is 129 cm³/mol. The normalized spacial score (nSPS) is 13.6. The molecular weight excluding hydrogens is 523 g/mol. The molecule has 1 aliphatic rings. The van der Waals surface area contributed by atoms with E-state index in [4.69, 9.17) is 32.7 Å². The highest BCUT2D eigenvalue weighted by molar-refractivity contribution is 9.10. The monoisotopic (exact) mass is 540 g/mol. The summed E-state index contributed by atoms with van der Waals surface area (Å²) in [6.45, 7) is 4.13. The quantitative estimate of drug-likeness (QED) is 0.450. The number of hydrogen-bond acceptors (Lipinski definition) is 5. The van der Waals surface area contributed by atoms with Gasteiger partial charge in [-0.1, -0.05) is 40.6 Å². The zero-order valence-corrected chi connectivity index (χ0v) is 20.6. The SMILES string of the molecule is CCOc1cc(C=c2sc3n(c2=O)CCCN=3)cc(Br)c1OCc1ccc(Cl)cc1Cl. The van der Waals surface area contributed by atoms with E-state index in [-0.39, 0.29) is 12.2 Å². The fourth-order valence-electron chi connectivity index (χ4n) is 3.24. The minimum absolute atomic E-state index is 0.00441. The van der Waals surface area contributed by atoms with Gasteiger partial charge in [-0.3, -0.25) is 14.4 Å². The smallest absolute Gasteiger partial charge is 0.270 e. The molecule has 0 saturated carbocycles. The Kier molecular flexibility index (Phi) is 7.06. The highest BCUT2D eigenvalue weighted by Gasteiger charge is 2.14. The largest absolute Gasteiger partial charge is 0.490 e. The number of thiazole rings is 1. The molecule has 5 nitrogen and oxygen atoms in total.